The van der Waals surface area contributed by atoms with Crippen LogP contribution in [0.2, 0.25) is 0 Å². The van der Waals surface area contributed by atoms with Gasteiger partial charge in [0, 0.05) is 5.69 Å². The monoisotopic (exact) mass is 211 g/mol. The average molecular weight is 211 g/mol. The van der Waals surface area contributed by atoms with Crippen molar-refractivity contribution in [1.82, 2.24) is 0 Å². The average Bonchev–Trinajstić information content (AvgIpc) is 2.29. The van der Waals surface area contributed by atoms with Gasteiger partial charge in [-0.2, -0.15) is 0 Å². The topological polar surface area (TPSA) is 26.0 Å². The SMILES string of the molecule is CCc1cc(-c2cccc(C)c2)ccc1N. The first-order valence-electron chi connectivity index (χ1n) is 5.66. The molecule has 0 amide bonds. The zero-order valence-corrected chi connectivity index (χ0v) is 9.83. The number of nitrogen functional groups attached to an aromatic ring is 1. The second kappa shape index (κ2) is 4.40. The summed E-state index contributed by atoms with van der Waals surface area (Å²) in [5.41, 5.74) is 11.8. The predicted molar refractivity (Wildman–Crippen MR) is 70.4 cm³/mol. The van der Waals surface area contributed by atoms with Crippen LogP contribution in [0.3, 0.4) is 0 Å². The molecule has 0 atom stereocenters. The van der Waals surface area contributed by atoms with Crippen LogP contribution in [0.1, 0.15) is 18.1 Å². The van der Waals surface area contributed by atoms with Gasteiger partial charge in [0.25, 0.3) is 0 Å². The van der Waals surface area contributed by atoms with E-state index in [1.165, 1.54) is 22.3 Å². The number of benzene rings is 2. The lowest BCUT2D eigenvalue weighted by Crippen LogP contribution is -1.93. The third-order valence-electron chi connectivity index (χ3n) is 2.88. The van der Waals surface area contributed by atoms with Crippen molar-refractivity contribution in [3.63, 3.8) is 0 Å². The normalized spacial score (nSPS) is 10.4. The van der Waals surface area contributed by atoms with E-state index in [2.05, 4.69) is 50.2 Å². The second-order valence-corrected chi connectivity index (χ2v) is 4.14. The zero-order valence-electron chi connectivity index (χ0n) is 9.83. The quantitative estimate of drug-likeness (QED) is 0.751. The van der Waals surface area contributed by atoms with Crippen molar-refractivity contribution in [1.29, 1.82) is 0 Å². The molecule has 0 saturated carbocycles. The number of rotatable bonds is 2. The molecule has 0 bridgehead atoms. The third kappa shape index (κ3) is 2.08. The third-order valence-corrected chi connectivity index (χ3v) is 2.88. The van der Waals surface area contributed by atoms with Crippen LogP contribution in [0, 0.1) is 6.92 Å². The number of nitrogens with two attached hydrogens (primary N) is 1. The van der Waals surface area contributed by atoms with Crippen molar-refractivity contribution in [3.8, 4) is 11.1 Å². The van der Waals surface area contributed by atoms with Crippen LogP contribution in [0.25, 0.3) is 11.1 Å². The van der Waals surface area contributed by atoms with Crippen molar-refractivity contribution in [2.75, 3.05) is 5.73 Å². The molecule has 0 aliphatic rings. The van der Waals surface area contributed by atoms with Gasteiger partial charge >= 0.3 is 0 Å². The van der Waals surface area contributed by atoms with E-state index in [1.807, 2.05) is 6.07 Å². The number of aryl methyl sites for hydroxylation is 2. The Kier molecular flexibility index (Phi) is 2.95. The Morgan fingerprint density at radius 2 is 1.75 bits per heavy atom. The second-order valence-electron chi connectivity index (χ2n) is 4.14. The van der Waals surface area contributed by atoms with Crippen LogP contribution in [-0.2, 0) is 6.42 Å². The highest BCUT2D eigenvalue weighted by Gasteiger charge is 2.01. The fraction of sp³-hybridized carbons (Fsp3) is 0.200. The van der Waals surface area contributed by atoms with Crippen LogP contribution in [0.4, 0.5) is 5.69 Å². The first-order valence-corrected chi connectivity index (χ1v) is 5.66. The fourth-order valence-electron chi connectivity index (χ4n) is 1.92. The molecule has 16 heavy (non-hydrogen) atoms. The lowest BCUT2D eigenvalue weighted by Gasteiger charge is -2.07. The van der Waals surface area contributed by atoms with Gasteiger partial charge in [0.2, 0.25) is 0 Å². The van der Waals surface area contributed by atoms with E-state index in [0.29, 0.717) is 0 Å². The van der Waals surface area contributed by atoms with Crippen LogP contribution < -0.4 is 5.73 Å². The predicted octanol–water partition coefficient (Wildman–Crippen LogP) is 3.81. The molecule has 2 aromatic rings. The minimum Gasteiger partial charge on any atom is -0.399 e. The summed E-state index contributed by atoms with van der Waals surface area (Å²) < 4.78 is 0. The van der Waals surface area contributed by atoms with E-state index < -0.39 is 0 Å². The molecule has 0 fully saturated rings. The van der Waals surface area contributed by atoms with Gasteiger partial charge < -0.3 is 5.73 Å². The lowest BCUT2D eigenvalue weighted by molar-refractivity contribution is 1.15. The van der Waals surface area contributed by atoms with Crippen molar-refractivity contribution in [2.24, 2.45) is 0 Å². The summed E-state index contributed by atoms with van der Waals surface area (Å²) in [5, 5.41) is 0. The Morgan fingerprint density at radius 3 is 2.44 bits per heavy atom. The van der Waals surface area contributed by atoms with Crippen molar-refractivity contribution in [3.05, 3.63) is 53.6 Å². The maximum absolute atomic E-state index is 5.91. The van der Waals surface area contributed by atoms with Crippen molar-refractivity contribution in [2.45, 2.75) is 20.3 Å². The Hall–Kier alpha value is -1.76. The van der Waals surface area contributed by atoms with Gasteiger partial charge in [-0.3, -0.25) is 0 Å². The van der Waals surface area contributed by atoms with Gasteiger partial charge in [-0.15, -0.1) is 0 Å². The minimum atomic E-state index is 0.888. The Labute approximate surface area is 96.9 Å². The Bertz CT molecular complexity index is 501. The molecule has 0 aromatic heterocycles. The highest BCUT2D eigenvalue weighted by molar-refractivity contribution is 5.68. The van der Waals surface area contributed by atoms with Gasteiger partial charge in [0.05, 0.1) is 0 Å². The molecule has 2 aromatic carbocycles. The molecule has 2 rings (SSSR count). The maximum Gasteiger partial charge on any atom is 0.0346 e. The largest absolute Gasteiger partial charge is 0.399 e. The van der Waals surface area contributed by atoms with Crippen molar-refractivity contribution >= 4 is 5.69 Å². The lowest BCUT2D eigenvalue weighted by atomic mass is 9.99. The smallest absolute Gasteiger partial charge is 0.0346 e. The molecule has 82 valence electrons. The Morgan fingerprint density at radius 1 is 1.00 bits per heavy atom. The molecule has 1 heteroatoms. The van der Waals surface area contributed by atoms with Crippen LogP contribution in [0.5, 0.6) is 0 Å². The van der Waals surface area contributed by atoms with E-state index in [-0.39, 0.29) is 0 Å². The Balaban J connectivity index is 2.48. The summed E-state index contributed by atoms with van der Waals surface area (Å²) in [7, 11) is 0. The van der Waals surface area contributed by atoms with E-state index in [1.54, 1.807) is 0 Å². The van der Waals surface area contributed by atoms with Gasteiger partial charge in [-0.05, 0) is 42.2 Å². The molecule has 0 saturated heterocycles. The van der Waals surface area contributed by atoms with Crippen LogP contribution in [-0.4, -0.2) is 0 Å². The first-order chi connectivity index (χ1) is 7.70. The van der Waals surface area contributed by atoms with Crippen LogP contribution in [0.15, 0.2) is 42.5 Å². The molecule has 0 aliphatic heterocycles. The number of hydrogen-bond acceptors (Lipinski definition) is 1. The van der Waals surface area contributed by atoms with Crippen molar-refractivity contribution < 1.29 is 0 Å². The molecule has 1 nitrogen and oxygen atoms in total. The van der Waals surface area contributed by atoms with Gasteiger partial charge in [-0.1, -0.05) is 42.8 Å². The first kappa shape index (κ1) is 10.7. The van der Waals surface area contributed by atoms with E-state index in [0.717, 1.165) is 12.1 Å². The van der Waals surface area contributed by atoms with E-state index in [4.69, 9.17) is 5.73 Å². The summed E-state index contributed by atoms with van der Waals surface area (Å²) in [5.74, 6) is 0. The minimum absolute atomic E-state index is 0.888. The number of hydrogen-bond donors (Lipinski definition) is 1. The summed E-state index contributed by atoms with van der Waals surface area (Å²) in [4.78, 5) is 0. The highest BCUT2D eigenvalue weighted by atomic mass is 14.6. The fourth-order valence-corrected chi connectivity index (χ4v) is 1.92. The number of anilines is 1. The van der Waals surface area contributed by atoms with Gasteiger partial charge in [0.15, 0.2) is 0 Å². The maximum atomic E-state index is 5.91. The molecular weight excluding hydrogens is 194 g/mol. The van der Waals surface area contributed by atoms with Crippen LogP contribution >= 0.6 is 0 Å². The van der Waals surface area contributed by atoms with E-state index in [9.17, 15) is 0 Å². The van der Waals surface area contributed by atoms with Gasteiger partial charge in [-0.25, -0.2) is 0 Å². The zero-order chi connectivity index (χ0) is 11.5. The molecular formula is C15H17N. The molecule has 0 spiro atoms. The molecule has 0 heterocycles. The highest BCUT2D eigenvalue weighted by Crippen LogP contribution is 2.24. The van der Waals surface area contributed by atoms with Gasteiger partial charge in [0.1, 0.15) is 0 Å². The summed E-state index contributed by atoms with van der Waals surface area (Å²) in [6.45, 7) is 4.24. The summed E-state index contributed by atoms with van der Waals surface area (Å²) in [6, 6.07) is 14.8. The molecule has 2 N–H and O–H groups in total. The molecule has 0 radical (unpaired) electrons. The molecule has 0 unspecified atom stereocenters. The summed E-state index contributed by atoms with van der Waals surface area (Å²) >= 11 is 0. The summed E-state index contributed by atoms with van der Waals surface area (Å²) in [6.07, 6.45) is 0.978. The van der Waals surface area contributed by atoms with E-state index >= 15 is 0 Å². The molecule has 0 aliphatic carbocycles. The standard InChI is InChI=1S/C15H17N/c1-3-12-10-14(7-8-15(12)16)13-6-4-5-11(2)9-13/h4-10H,3,16H2,1-2H3.